The number of ketones is 2. The lowest BCUT2D eigenvalue weighted by molar-refractivity contribution is -0.142. The van der Waals surface area contributed by atoms with E-state index in [0.29, 0.717) is 5.56 Å². The molecule has 2 aliphatic carbocycles. The molecule has 5 rings (SSSR count). The van der Waals surface area contributed by atoms with Crippen LogP contribution in [0.5, 0.6) is 17.2 Å². The molecule has 9 heteroatoms. The molecule has 0 aromatic heterocycles. The molecule has 1 aliphatic heterocycles. The van der Waals surface area contributed by atoms with Crippen molar-refractivity contribution in [3.8, 4) is 17.2 Å². The first kappa shape index (κ1) is 23.7. The van der Waals surface area contributed by atoms with Crippen LogP contribution in [-0.2, 0) is 22.4 Å². The van der Waals surface area contributed by atoms with Gasteiger partial charge < -0.3 is 29.9 Å². The molecule has 2 aromatic rings. The van der Waals surface area contributed by atoms with E-state index in [1.165, 1.54) is 13.2 Å². The summed E-state index contributed by atoms with van der Waals surface area (Å²) in [7, 11) is 1.37. The Morgan fingerprint density at radius 3 is 2.29 bits per heavy atom. The Kier molecular flexibility index (Phi) is 6.58. The van der Waals surface area contributed by atoms with Gasteiger partial charge in [-0.05, 0) is 44.6 Å². The van der Waals surface area contributed by atoms with Crippen LogP contribution in [-0.4, -0.2) is 58.0 Å². The number of carbonyl (C=O) groups excluding carboxylic acids is 2. The van der Waals surface area contributed by atoms with Crippen LogP contribution in [0.4, 0.5) is 0 Å². The van der Waals surface area contributed by atoms with Crippen LogP contribution in [0.25, 0.3) is 0 Å². The minimum absolute atomic E-state index is 0.0101. The van der Waals surface area contributed by atoms with Crippen molar-refractivity contribution in [3.63, 3.8) is 0 Å². The molecule has 0 saturated carbocycles. The molecule has 180 valence electrons. The third-order valence-corrected chi connectivity index (χ3v) is 6.53. The van der Waals surface area contributed by atoms with Crippen molar-refractivity contribution in [3.05, 3.63) is 51.6 Å². The zero-order chi connectivity index (χ0) is 24.6. The Hall–Kier alpha value is -3.43. The molecular formula is C25H26O9. The average Bonchev–Trinajstić information content (AvgIpc) is 2.84. The van der Waals surface area contributed by atoms with Crippen molar-refractivity contribution in [2.75, 3.05) is 13.7 Å². The molecule has 4 N–H and O–H groups in total. The summed E-state index contributed by atoms with van der Waals surface area (Å²) in [5.41, 5.74) is 0.143. The van der Waals surface area contributed by atoms with Crippen LogP contribution in [0, 0.1) is 5.92 Å². The van der Waals surface area contributed by atoms with Crippen LogP contribution >= 0.6 is 0 Å². The lowest BCUT2D eigenvalue weighted by atomic mass is 9.75. The normalized spacial score (nSPS) is 20.9. The standard InChI is InChI=1S/C20H16O7.C5H10O2/c1-27-12-4-2-3-10-13(12)19(24)15-14(17(10)22)18(23)11-7-8(20(25)26)5-6-9(11)16(15)21;6-5-3-1-2-4-7-5/h2-4,8,21,23H,5-7H2,1H3,(H,25,26);5-6H,1-4H2. The Morgan fingerprint density at radius 1 is 1.00 bits per heavy atom. The van der Waals surface area contributed by atoms with Crippen LogP contribution in [0.3, 0.4) is 0 Å². The topological polar surface area (TPSA) is 151 Å². The number of aliphatic hydroxyl groups excluding tert-OH is 1. The van der Waals surface area contributed by atoms with Gasteiger partial charge in [0.1, 0.15) is 17.2 Å². The molecular weight excluding hydrogens is 444 g/mol. The van der Waals surface area contributed by atoms with Gasteiger partial charge in [-0.2, -0.15) is 0 Å². The van der Waals surface area contributed by atoms with E-state index in [1.54, 1.807) is 12.1 Å². The number of carboxylic acids is 1. The number of rotatable bonds is 2. The van der Waals surface area contributed by atoms with E-state index >= 15 is 0 Å². The van der Waals surface area contributed by atoms with Gasteiger partial charge in [0.2, 0.25) is 5.78 Å². The zero-order valence-corrected chi connectivity index (χ0v) is 18.7. The van der Waals surface area contributed by atoms with Gasteiger partial charge in [-0.15, -0.1) is 0 Å². The van der Waals surface area contributed by atoms with Crippen LogP contribution in [0.15, 0.2) is 18.2 Å². The summed E-state index contributed by atoms with van der Waals surface area (Å²) in [6, 6.07) is 4.56. The van der Waals surface area contributed by atoms with E-state index in [1.807, 2.05) is 0 Å². The predicted molar refractivity (Wildman–Crippen MR) is 119 cm³/mol. The molecule has 0 spiro atoms. The van der Waals surface area contributed by atoms with E-state index in [4.69, 9.17) is 14.6 Å². The number of aromatic hydroxyl groups is 2. The number of methoxy groups -OCH3 is 1. The molecule has 0 bridgehead atoms. The summed E-state index contributed by atoms with van der Waals surface area (Å²) in [5.74, 6) is -3.51. The van der Waals surface area contributed by atoms with Crippen molar-refractivity contribution >= 4 is 17.5 Å². The maximum atomic E-state index is 13.1. The summed E-state index contributed by atoms with van der Waals surface area (Å²) in [6.07, 6.45) is 3.03. The minimum atomic E-state index is -1.00. The molecule has 2 unspecified atom stereocenters. The first-order chi connectivity index (χ1) is 16.3. The summed E-state index contributed by atoms with van der Waals surface area (Å²) >= 11 is 0. The van der Waals surface area contributed by atoms with Gasteiger partial charge in [0.15, 0.2) is 12.1 Å². The Bertz CT molecular complexity index is 1160. The smallest absolute Gasteiger partial charge is 0.306 e. The molecule has 0 amide bonds. The Morgan fingerprint density at radius 2 is 1.71 bits per heavy atom. The van der Waals surface area contributed by atoms with Crippen molar-refractivity contribution in [1.29, 1.82) is 0 Å². The molecule has 34 heavy (non-hydrogen) atoms. The molecule has 3 aliphatic rings. The quantitative estimate of drug-likeness (QED) is 0.414. The van der Waals surface area contributed by atoms with Crippen LogP contribution in [0.2, 0.25) is 0 Å². The van der Waals surface area contributed by atoms with Gasteiger partial charge in [-0.25, -0.2) is 0 Å². The number of hydrogen-bond donors (Lipinski definition) is 4. The number of phenolic OH excluding ortho intramolecular Hbond substituents is 2. The molecule has 2 aromatic carbocycles. The van der Waals surface area contributed by atoms with Crippen molar-refractivity contribution in [1.82, 2.24) is 0 Å². The number of benzene rings is 2. The number of phenols is 2. The van der Waals surface area contributed by atoms with Gasteiger partial charge in [0, 0.05) is 23.3 Å². The molecule has 0 radical (unpaired) electrons. The SMILES string of the molecule is COc1cccc2c1C(=O)c1c(O)c3c(c(O)c1C2=O)CC(C(=O)O)CC3.OC1CCCCO1. The second-order valence-electron chi connectivity index (χ2n) is 8.54. The van der Waals surface area contributed by atoms with Gasteiger partial charge in [-0.3, -0.25) is 14.4 Å². The maximum Gasteiger partial charge on any atom is 0.306 e. The fourth-order valence-electron chi connectivity index (χ4n) is 4.74. The van der Waals surface area contributed by atoms with Gasteiger partial charge in [0.05, 0.1) is 29.7 Å². The second-order valence-corrected chi connectivity index (χ2v) is 8.54. The molecule has 1 saturated heterocycles. The van der Waals surface area contributed by atoms with Crippen LogP contribution < -0.4 is 4.74 Å². The zero-order valence-electron chi connectivity index (χ0n) is 18.7. The lowest BCUT2D eigenvalue weighted by Crippen LogP contribution is -2.27. The highest BCUT2D eigenvalue weighted by atomic mass is 16.6. The molecule has 1 heterocycles. The average molecular weight is 470 g/mol. The molecule has 1 fully saturated rings. The van der Waals surface area contributed by atoms with Gasteiger partial charge >= 0.3 is 5.97 Å². The highest BCUT2D eigenvalue weighted by Gasteiger charge is 2.41. The Balaban J connectivity index is 0.000000336. The summed E-state index contributed by atoms with van der Waals surface area (Å²) in [5, 5.41) is 39.4. The highest BCUT2D eigenvalue weighted by molar-refractivity contribution is 6.31. The number of hydrogen-bond acceptors (Lipinski definition) is 8. The monoisotopic (exact) mass is 470 g/mol. The first-order valence-corrected chi connectivity index (χ1v) is 11.1. The van der Waals surface area contributed by atoms with Gasteiger partial charge in [0.25, 0.3) is 0 Å². The summed E-state index contributed by atoms with van der Waals surface area (Å²) < 4.78 is 10.0. The summed E-state index contributed by atoms with van der Waals surface area (Å²) in [6.45, 7) is 0.737. The number of carbonyl (C=O) groups is 3. The van der Waals surface area contributed by atoms with Crippen molar-refractivity contribution in [2.24, 2.45) is 5.92 Å². The van der Waals surface area contributed by atoms with E-state index in [9.17, 15) is 29.7 Å². The second kappa shape index (κ2) is 9.44. The third-order valence-electron chi connectivity index (χ3n) is 6.53. The number of aliphatic carboxylic acids is 1. The number of aliphatic hydroxyl groups is 1. The Labute approximate surface area is 195 Å². The number of carboxylic acid groups (broad SMARTS) is 1. The largest absolute Gasteiger partial charge is 0.507 e. The predicted octanol–water partition coefficient (Wildman–Crippen LogP) is 2.58. The van der Waals surface area contributed by atoms with Crippen molar-refractivity contribution < 1.29 is 44.3 Å². The number of fused-ring (bicyclic) bond motifs is 3. The lowest BCUT2D eigenvalue weighted by Gasteiger charge is -2.28. The van der Waals surface area contributed by atoms with Crippen molar-refractivity contribution in [2.45, 2.75) is 44.8 Å². The van der Waals surface area contributed by atoms with E-state index in [2.05, 4.69) is 0 Å². The first-order valence-electron chi connectivity index (χ1n) is 11.1. The van der Waals surface area contributed by atoms with E-state index in [0.717, 1.165) is 25.9 Å². The highest BCUT2D eigenvalue weighted by Crippen LogP contribution is 2.47. The molecule has 2 atom stereocenters. The summed E-state index contributed by atoms with van der Waals surface area (Å²) in [4.78, 5) is 37.4. The molecule has 9 nitrogen and oxygen atoms in total. The number of ether oxygens (including phenoxy) is 2. The fraction of sp³-hybridized carbons (Fsp3) is 0.400. The minimum Gasteiger partial charge on any atom is -0.507 e. The van der Waals surface area contributed by atoms with Gasteiger partial charge in [-0.1, -0.05) is 12.1 Å². The third kappa shape index (κ3) is 4.01. The van der Waals surface area contributed by atoms with Crippen LogP contribution in [0.1, 0.15) is 68.7 Å². The van der Waals surface area contributed by atoms with E-state index < -0.39 is 35.5 Å². The van der Waals surface area contributed by atoms with E-state index in [-0.39, 0.29) is 58.6 Å². The maximum absolute atomic E-state index is 13.1. The fourth-order valence-corrected chi connectivity index (χ4v) is 4.74.